The molecule has 0 fully saturated rings. The van der Waals surface area contributed by atoms with Crippen molar-refractivity contribution in [3.05, 3.63) is 112 Å². The highest BCUT2D eigenvalue weighted by Gasteiger charge is 2.30. The van der Waals surface area contributed by atoms with Gasteiger partial charge in [0, 0.05) is 39.1 Å². The number of hydrogen-bond donors (Lipinski definition) is 4. The van der Waals surface area contributed by atoms with Crippen LogP contribution >= 0.6 is 45.2 Å². The van der Waals surface area contributed by atoms with Crippen molar-refractivity contribution in [2.24, 2.45) is 0 Å². The maximum absolute atomic E-state index is 12.6. The summed E-state index contributed by atoms with van der Waals surface area (Å²) in [4.78, 5) is 36.8. The van der Waals surface area contributed by atoms with Crippen LogP contribution in [0.5, 0.6) is 11.5 Å². The molecule has 52 heavy (non-hydrogen) atoms. The third-order valence-electron chi connectivity index (χ3n) is 8.58. The lowest BCUT2D eigenvalue weighted by Crippen LogP contribution is -2.17. The van der Waals surface area contributed by atoms with E-state index in [4.69, 9.17) is 4.74 Å². The van der Waals surface area contributed by atoms with Crippen LogP contribution in [0.4, 0.5) is 11.4 Å². The average molecular weight is 922 g/mol. The molecule has 4 aromatic carbocycles. The van der Waals surface area contributed by atoms with Crippen LogP contribution < -0.4 is 10.6 Å². The average Bonchev–Trinajstić information content (AvgIpc) is 3.56. The second-order valence-electron chi connectivity index (χ2n) is 14.4. The summed E-state index contributed by atoms with van der Waals surface area (Å²) >= 11 is 4.08. The van der Waals surface area contributed by atoms with Crippen molar-refractivity contribution in [2.45, 2.75) is 52.4 Å². The molecule has 11 heteroatoms. The Balaban J connectivity index is 0.000000203. The first-order chi connectivity index (χ1) is 24.3. The number of phenols is 2. The molecular formula is C41H37I2N3O6. The van der Waals surface area contributed by atoms with E-state index in [-0.39, 0.29) is 28.4 Å². The minimum Gasteiger partial charge on any atom is -0.507 e. The van der Waals surface area contributed by atoms with Gasteiger partial charge in [0.1, 0.15) is 11.5 Å². The molecule has 0 aromatic heterocycles. The third kappa shape index (κ3) is 7.88. The third-order valence-corrected chi connectivity index (χ3v) is 10.2. The second kappa shape index (κ2) is 14.7. The highest BCUT2D eigenvalue weighted by molar-refractivity contribution is 14.1. The Hall–Kier alpha value is -4.68. The first kappa shape index (κ1) is 38.5. The van der Waals surface area contributed by atoms with Gasteiger partial charge in [-0.05, 0) is 128 Å². The fraction of sp³-hybridized carbons (Fsp3) is 0.220. The number of carbonyl (C=O) groups excluding carboxylic acids is 3. The van der Waals surface area contributed by atoms with Gasteiger partial charge in [0.05, 0.1) is 37.1 Å². The lowest BCUT2D eigenvalue weighted by Gasteiger charge is -2.28. The molecule has 2 aliphatic rings. The molecule has 2 heterocycles. The van der Waals surface area contributed by atoms with Crippen LogP contribution in [-0.2, 0) is 25.2 Å². The van der Waals surface area contributed by atoms with Crippen molar-refractivity contribution >= 4 is 97.6 Å². The van der Waals surface area contributed by atoms with Crippen LogP contribution in [0.1, 0.15) is 90.8 Å². The summed E-state index contributed by atoms with van der Waals surface area (Å²) in [6, 6.07) is 19.9. The van der Waals surface area contributed by atoms with Crippen molar-refractivity contribution in [1.82, 2.24) is 0 Å². The van der Waals surface area contributed by atoms with Gasteiger partial charge in [-0.15, -0.1) is 0 Å². The Morgan fingerprint density at radius 1 is 0.769 bits per heavy atom. The summed E-state index contributed by atoms with van der Waals surface area (Å²) < 4.78 is 6.16. The van der Waals surface area contributed by atoms with Crippen LogP contribution in [0.2, 0.25) is 0 Å². The number of nitrogens with zero attached hydrogens (tertiary/aromatic N) is 1. The van der Waals surface area contributed by atoms with Crippen molar-refractivity contribution in [2.75, 3.05) is 17.7 Å². The van der Waals surface area contributed by atoms with Crippen LogP contribution in [0, 0.1) is 18.5 Å². The van der Waals surface area contributed by atoms with E-state index in [1.54, 1.807) is 54.6 Å². The number of methoxy groups -OCH3 is 1. The Kier molecular flexibility index (Phi) is 10.9. The molecule has 2 aliphatic heterocycles. The number of carbonyl (C=O) groups is 3. The Labute approximate surface area is 330 Å². The highest BCUT2D eigenvalue weighted by atomic mass is 127. The maximum atomic E-state index is 12.6. The number of nitrogens with one attached hydrogen (secondary N) is 2. The number of fused-ring (bicyclic) bond motifs is 2. The molecule has 4 N–H and O–H groups in total. The number of para-hydroxylation sites is 1. The Morgan fingerprint density at radius 3 is 1.85 bits per heavy atom. The molecule has 0 radical (unpaired) electrons. The number of rotatable bonds is 3. The highest BCUT2D eigenvalue weighted by Crippen LogP contribution is 2.42. The molecule has 266 valence electrons. The van der Waals surface area contributed by atoms with Gasteiger partial charge in [0.2, 0.25) is 0 Å². The summed E-state index contributed by atoms with van der Waals surface area (Å²) in [5.41, 5.74) is 7.22. The molecule has 6 rings (SSSR count). The van der Waals surface area contributed by atoms with Gasteiger partial charge in [0.15, 0.2) is 0 Å². The van der Waals surface area contributed by atoms with E-state index in [9.17, 15) is 29.9 Å². The number of anilines is 2. The van der Waals surface area contributed by atoms with Gasteiger partial charge in [0.25, 0.3) is 11.8 Å². The molecule has 0 saturated heterocycles. The predicted octanol–water partition coefficient (Wildman–Crippen LogP) is 9.23. The topological polar surface area (TPSA) is 149 Å². The number of aromatic hydroxyl groups is 2. The number of hydrogen-bond acceptors (Lipinski definition) is 7. The van der Waals surface area contributed by atoms with Crippen molar-refractivity contribution in [1.29, 1.82) is 5.26 Å². The molecule has 0 unspecified atom stereocenters. The minimum absolute atomic E-state index is 0.187. The Bertz CT molecular complexity index is 2210. The lowest BCUT2D eigenvalue weighted by molar-refractivity contribution is -0.111. The van der Waals surface area contributed by atoms with Crippen molar-refractivity contribution in [3.63, 3.8) is 0 Å². The summed E-state index contributed by atoms with van der Waals surface area (Å²) in [5, 5.41) is 35.5. The van der Waals surface area contributed by atoms with Gasteiger partial charge in [-0.3, -0.25) is 9.59 Å². The number of esters is 1. The molecule has 0 atom stereocenters. The van der Waals surface area contributed by atoms with E-state index in [0.717, 1.165) is 27.8 Å². The molecule has 4 aromatic rings. The van der Waals surface area contributed by atoms with Crippen molar-refractivity contribution in [3.8, 4) is 17.6 Å². The number of nitriles is 1. The van der Waals surface area contributed by atoms with Crippen molar-refractivity contribution < 1.29 is 29.3 Å². The molecule has 2 amide bonds. The van der Waals surface area contributed by atoms with Crippen LogP contribution in [-0.4, -0.2) is 35.1 Å². The predicted molar refractivity (Wildman–Crippen MR) is 221 cm³/mol. The fourth-order valence-electron chi connectivity index (χ4n) is 5.92. The SMILES string of the molecule is CC(C)(C)c1cc(/C=C2\C(=O)Nc3ccc(C#N)cc32)cc(C(C)(C)C)c1O.COC(=O)c1cccc2c1NC(=O)/C2=C\c1cc(I)c(O)c(I)c1. The summed E-state index contributed by atoms with van der Waals surface area (Å²) in [6.07, 6.45) is 3.58. The fourth-order valence-corrected chi connectivity index (χ4v) is 7.74. The smallest absolute Gasteiger partial charge is 0.339 e. The van der Waals surface area contributed by atoms with Gasteiger partial charge in [-0.2, -0.15) is 5.26 Å². The largest absolute Gasteiger partial charge is 0.507 e. The number of benzene rings is 4. The number of amides is 2. The number of phenolic OH excluding ortho intramolecular Hbond substituents is 2. The van der Waals surface area contributed by atoms with Crippen LogP contribution in [0.3, 0.4) is 0 Å². The lowest BCUT2D eigenvalue weighted by atomic mass is 9.78. The van der Waals surface area contributed by atoms with Crippen LogP contribution in [0.15, 0.2) is 60.7 Å². The van der Waals surface area contributed by atoms with Gasteiger partial charge in [-0.25, -0.2) is 4.79 Å². The molecular weight excluding hydrogens is 884 g/mol. The maximum Gasteiger partial charge on any atom is 0.339 e. The second-order valence-corrected chi connectivity index (χ2v) is 16.7. The molecule has 0 spiro atoms. The van der Waals surface area contributed by atoms with Crippen LogP contribution in [0.25, 0.3) is 23.3 Å². The number of halogens is 2. The summed E-state index contributed by atoms with van der Waals surface area (Å²) in [7, 11) is 1.30. The van der Waals surface area contributed by atoms with Gasteiger partial charge < -0.3 is 25.6 Å². The zero-order valence-corrected chi connectivity index (χ0v) is 34.0. The van der Waals surface area contributed by atoms with E-state index in [1.807, 2.05) is 63.4 Å². The van der Waals surface area contributed by atoms with Gasteiger partial charge >= 0.3 is 5.97 Å². The van der Waals surface area contributed by atoms with E-state index in [2.05, 4.69) is 58.2 Å². The quantitative estimate of drug-likeness (QED) is 0.0910. The molecule has 9 nitrogen and oxygen atoms in total. The normalized spacial score (nSPS) is 14.9. The molecule has 0 saturated carbocycles. The first-order valence-electron chi connectivity index (χ1n) is 16.2. The molecule has 0 aliphatic carbocycles. The number of ether oxygens (including phenoxy) is 1. The zero-order chi connectivity index (χ0) is 38.3. The summed E-state index contributed by atoms with van der Waals surface area (Å²) in [6.45, 7) is 12.3. The zero-order valence-electron chi connectivity index (χ0n) is 29.7. The monoisotopic (exact) mass is 921 g/mol. The van der Waals surface area contributed by atoms with Gasteiger partial charge in [-0.1, -0.05) is 53.7 Å². The Morgan fingerprint density at radius 2 is 1.31 bits per heavy atom. The first-order valence-corrected chi connectivity index (χ1v) is 18.4. The standard InChI is InChI=1S/C24H26N2O2.C17H11I2NO4/c1-23(2,3)18-11-15(12-19(21(18)27)24(4,5)6)10-17-16-9-14(13-25)7-8-20(16)26-22(17)28;1-24-17(23)10-4-2-3-9-11(16(22)20-14(9)10)5-8-6-12(18)15(21)13(19)7-8/h7-12,27H,1-6H3,(H,26,28);2-7,21H,1H3,(H,20,22)/b17-10-;11-5-. The molecule has 0 bridgehead atoms. The van der Waals surface area contributed by atoms with E-state index in [0.29, 0.717) is 52.1 Å². The van der Waals surface area contributed by atoms with E-state index >= 15 is 0 Å². The minimum atomic E-state index is -0.498. The van der Waals surface area contributed by atoms with E-state index < -0.39 is 5.97 Å². The van der Waals surface area contributed by atoms with E-state index in [1.165, 1.54) is 7.11 Å². The summed E-state index contributed by atoms with van der Waals surface area (Å²) in [5.74, 6) is -0.429.